The minimum Gasteiger partial charge on any atom is -0.497 e. The smallest absolute Gasteiger partial charge is 0.267 e. The summed E-state index contributed by atoms with van der Waals surface area (Å²) in [6.45, 7) is 0.882. The Hall–Kier alpha value is -2.78. The van der Waals surface area contributed by atoms with Crippen LogP contribution in [0.3, 0.4) is 0 Å². The Kier molecular flexibility index (Phi) is 4.63. The molecule has 3 aromatic rings. The molecule has 134 valence electrons. The number of benzene rings is 1. The van der Waals surface area contributed by atoms with E-state index in [9.17, 15) is 4.79 Å². The topological polar surface area (TPSA) is 91.2 Å². The molecule has 0 amide bonds. The van der Waals surface area contributed by atoms with E-state index in [4.69, 9.17) is 9.47 Å². The van der Waals surface area contributed by atoms with Gasteiger partial charge in [-0.05, 0) is 18.2 Å². The quantitative estimate of drug-likeness (QED) is 0.731. The molecule has 1 fully saturated rings. The van der Waals surface area contributed by atoms with Crippen molar-refractivity contribution < 1.29 is 9.47 Å². The molecule has 0 saturated carbocycles. The van der Waals surface area contributed by atoms with Crippen molar-refractivity contribution in [2.45, 2.75) is 12.1 Å². The number of rotatable bonds is 5. The molecule has 2 unspecified atom stereocenters. The Balaban J connectivity index is 1.66. The second kappa shape index (κ2) is 7.22. The number of ether oxygens (including phenoxy) is 2. The van der Waals surface area contributed by atoms with Crippen LogP contribution < -0.4 is 15.6 Å². The summed E-state index contributed by atoms with van der Waals surface area (Å²) in [5, 5.41) is 16.4. The van der Waals surface area contributed by atoms with Gasteiger partial charge in [-0.1, -0.05) is 23.5 Å². The van der Waals surface area contributed by atoms with Gasteiger partial charge < -0.3 is 14.8 Å². The molecule has 2 atom stereocenters. The number of methoxy groups -OCH3 is 1. The SMILES string of the molecule is COc1cccc(-c2ccc(=O)n(C3COCC3Nc3nncs3)n2)c1. The van der Waals surface area contributed by atoms with Gasteiger partial charge in [-0.15, -0.1) is 10.2 Å². The molecule has 0 spiro atoms. The summed E-state index contributed by atoms with van der Waals surface area (Å²) in [7, 11) is 1.62. The van der Waals surface area contributed by atoms with Crippen LogP contribution in [0.1, 0.15) is 6.04 Å². The van der Waals surface area contributed by atoms with Gasteiger partial charge in [-0.3, -0.25) is 4.79 Å². The molecule has 26 heavy (non-hydrogen) atoms. The molecule has 3 heterocycles. The Morgan fingerprint density at radius 3 is 3.04 bits per heavy atom. The fraction of sp³-hybridized carbons (Fsp3) is 0.294. The molecule has 4 rings (SSSR count). The van der Waals surface area contributed by atoms with Gasteiger partial charge in [0.1, 0.15) is 17.3 Å². The Morgan fingerprint density at radius 1 is 1.31 bits per heavy atom. The molecule has 0 aliphatic carbocycles. The maximum Gasteiger partial charge on any atom is 0.267 e. The highest BCUT2D eigenvalue weighted by Gasteiger charge is 2.32. The average Bonchev–Trinajstić information content (AvgIpc) is 3.35. The highest BCUT2D eigenvalue weighted by atomic mass is 32.1. The molecule has 0 radical (unpaired) electrons. The fourth-order valence-electron chi connectivity index (χ4n) is 2.92. The normalized spacial score (nSPS) is 19.4. The van der Waals surface area contributed by atoms with Gasteiger partial charge in [-0.2, -0.15) is 5.10 Å². The number of nitrogens with one attached hydrogen (secondary N) is 1. The predicted octanol–water partition coefficient (Wildman–Crippen LogP) is 1.82. The van der Waals surface area contributed by atoms with Crippen molar-refractivity contribution in [2.24, 2.45) is 0 Å². The Bertz CT molecular complexity index is 944. The Morgan fingerprint density at radius 2 is 2.23 bits per heavy atom. The fourth-order valence-corrected chi connectivity index (χ4v) is 3.42. The maximum atomic E-state index is 12.4. The third-order valence-electron chi connectivity index (χ3n) is 4.22. The lowest BCUT2D eigenvalue weighted by Crippen LogP contribution is -2.37. The van der Waals surface area contributed by atoms with Crippen LogP contribution in [0.5, 0.6) is 5.75 Å². The van der Waals surface area contributed by atoms with Crippen molar-refractivity contribution in [2.75, 3.05) is 25.6 Å². The van der Waals surface area contributed by atoms with Crippen LogP contribution in [0.15, 0.2) is 46.7 Å². The van der Waals surface area contributed by atoms with Crippen molar-refractivity contribution in [3.63, 3.8) is 0 Å². The van der Waals surface area contributed by atoms with Crippen LogP contribution in [0, 0.1) is 0 Å². The monoisotopic (exact) mass is 371 g/mol. The molecule has 1 saturated heterocycles. The minimum atomic E-state index is -0.225. The second-order valence-electron chi connectivity index (χ2n) is 5.83. The number of anilines is 1. The molecule has 1 N–H and O–H groups in total. The summed E-state index contributed by atoms with van der Waals surface area (Å²) < 4.78 is 12.3. The first kappa shape index (κ1) is 16.7. The molecule has 0 bridgehead atoms. The number of hydrogen-bond donors (Lipinski definition) is 1. The van der Waals surface area contributed by atoms with Crippen LogP contribution in [0.2, 0.25) is 0 Å². The van der Waals surface area contributed by atoms with Crippen molar-refractivity contribution in [3.05, 3.63) is 52.3 Å². The first-order valence-corrected chi connectivity index (χ1v) is 8.97. The van der Waals surface area contributed by atoms with Gasteiger partial charge >= 0.3 is 0 Å². The van der Waals surface area contributed by atoms with E-state index >= 15 is 0 Å². The summed E-state index contributed by atoms with van der Waals surface area (Å²) >= 11 is 1.40. The molecule has 2 aromatic heterocycles. The Labute approximate surface area is 153 Å². The van der Waals surface area contributed by atoms with E-state index in [0.29, 0.717) is 24.0 Å². The van der Waals surface area contributed by atoms with Crippen LogP contribution in [-0.2, 0) is 4.74 Å². The lowest BCUT2D eigenvalue weighted by molar-refractivity contribution is 0.183. The molecule has 1 aliphatic heterocycles. The van der Waals surface area contributed by atoms with Crippen LogP contribution in [0.4, 0.5) is 5.13 Å². The van der Waals surface area contributed by atoms with Crippen LogP contribution in [0.25, 0.3) is 11.3 Å². The molecule has 8 nitrogen and oxygen atoms in total. The zero-order valence-corrected chi connectivity index (χ0v) is 14.8. The van der Waals surface area contributed by atoms with Gasteiger partial charge in [-0.25, -0.2) is 4.68 Å². The zero-order chi connectivity index (χ0) is 17.9. The van der Waals surface area contributed by atoms with Gasteiger partial charge in [0.25, 0.3) is 5.56 Å². The second-order valence-corrected chi connectivity index (χ2v) is 6.67. The van der Waals surface area contributed by atoms with Crippen LogP contribution in [-0.4, -0.2) is 46.3 Å². The summed E-state index contributed by atoms with van der Waals surface area (Å²) in [6, 6.07) is 10.5. The molecular formula is C17H17N5O3S. The third-order valence-corrected chi connectivity index (χ3v) is 4.85. The highest BCUT2D eigenvalue weighted by Crippen LogP contribution is 2.25. The molecular weight excluding hydrogens is 354 g/mol. The van der Waals surface area contributed by atoms with Crippen LogP contribution >= 0.6 is 11.3 Å². The predicted molar refractivity (Wildman–Crippen MR) is 97.7 cm³/mol. The average molecular weight is 371 g/mol. The number of aromatic nitrogens is 4. The highest BCUT2D eigenvalue weighted by molar-refractivity contribution is 7.13. The number of nitrogens with zero attached hydrogens (tertiary/aromatic N) is 4. The van der Waals surface area contributed by atoms with E-state index in [1.54, 1.807) is 18.7 Å². The van der Waals surface area contributed by atoms with Crippen molar-refractivity contribution in [3.8, 4) is 17.0 Å². The van der Waals surface area contributed by atoms with Gasteiger partial charge in [0, 0.05) is 11.6 Å². The molecule has 9 heteroatoms. The van der Waals surface area contributed by atoms with Gasteiger partial charge in [0.05, 0.1) is 32.1 Å². The van der Waals surface area contributed by atoms with E-state index in [1.807, 2.05) is 24.3 Å². The summed E-state index contributed by atoms with van der Waals surface area (Å²) in [5.41, 5.74) is 3.06. The van der Waals surface area contributed by atoms with Crippen molar-refractivity contribution >= 4 is 16.5 Å². The molecule has 1 aromatic carbocycles. The number of hydrogen-bond acceptors (Lipinski definition) is 8. The zero-order valence-electron chi connectivity index (χ0n) is 14.0. The van der Waals surface area contributed by atoms with E-state index in [2.05, 4.69) is 20.6 Å². The maximum absolute atomic E-state index is 12.4. The first-order chi connectivity index (χ1) is 12.7. The van der Waals surface area contributed by atoms with Crippen molar-refractivity contribution in [1.82, 2.24) is 20.0 Å². The van der Waals surface area contributed by atoms with Gasteiger partial charge in [0.2, 0.25) is 5.13 Å². The largest absolute Gasteiger partial charge is 0.497 e. The van der Waals surface area contributed by atoms with E-state index in [-0.39, 0.29) is 17.6 Å². The minimum absolute atomic E-state index is 0.103. The molecule has 1 aliphatic rings. The van der Waals surface area contributed by atoms with Gasteiger partial charge in [0.15, 0.2) is 0 Å². The summed E-state index contributed by atoms with van der Waals surface area (Å²) in [5.74, 6) is 0.738. The van der Waals surface area contributed by atoms with Crippen molar-refractivity contribution in [1.29, 1.82) is 0 Å². The third kappa shape index (κ3) is 3.31. The van der Waals surface area contributed by atoms with E-state index < -0.39 is 0 Å². The summed E-state index contributed by atoms with van der Waals surface area (Å²) in [6.07, 6.45) is 0. The lowest BCUT2D eigenvalue weighted by Gasteiger charge is -2.20. The van der Waals surface area contributed by atoms with E-state index in [0.717, 1.165) is 11.3 Å². The summed E-state index contributed by atoms with van der Waals surface area (Å²) in [4.78, 5) is 12.4. The van der Waals surface area contributed by atoms with E-state index in [1.165, 1.54) is 22.1 Å². The standard InChI is InChI=1S/C17H17N5O3S/c1-24-12-4-2-3-11(7-12)13-5-6-16(23)22(21-13)15-9-25-8-14(15)19-17-20-18-10-26-17/h2-7,10,14-15H,8-9H2,1H3,(H,19,20). The first-order valence-electron chi connectivity index (χ1n) is 8.09. The lowest BCUT2D eigenvalue weighted by atomic mass is 10.1.